The molecule has 7 heteroatoms. The molecule has 0 radical (unpaired) electrons. The van der Waals surface area contributed by atoms with E-state index in [1.165, 1.54) is 83.5 Å². The van der Waals surface area contributed by atoms with E-state index < -0.39 is 13.3 Å². The fraction of sp³-hybridized carbons (Fsp3) is 0.944. The van der Waals surface area contributed by atoms with E-state index in [4.69, 9.17) is 20.2 Å². The largest absolute Gasteiger partial charge is 0.631 e. The Morgan fingerprint density at radius 3 is 1.12 bits per heavy atom. The van der Waals surface area contributed by atoms with E-state index in [0.717, 1.165) is 12.8 Å². The molecule has 0 spiro atoms. The molecule has 0 amide bonds. The summed E-state index contributed by atoms with van der Waals surface area (Å²) in [5.74, 6) is -0.653. The molecule has 4 N–H and O–H groups in total. The second kappa shape index (κ2) is 26.3. The van der Waals surface area contributed by atoms with Gasteiger partial charge in [-0.15, -0.1) is 0 Å². The van der Waals surface area contributed by atoms with Crippen LogP contribution >= 0.6 is 0 Å². The van der Waals surface area contributed by atoms with Crippen LogP contribution in [-0.4, -0.2) is 33.5 Å². The van der Waals surface area contributed by atoms with Gasteiger partial charge in [0.2, 0.25) is 0 Å². The number of carboxylic acid groups (broad SMARTS) is 1. The van der Waals surface area contributed by atoms with Crippen molar-refractivity contribution >= 4 is 13.3 Å². The Balaban J connectivity index is -0.000000867. The normalized spacial score (nSPS) is 9.76. The van der Waals surface area contributed by atoms with Crippen molar-refractivity contribution in [3.8, 4) is 0 Å². The standard InChI is InChI=1S/C18H36O2.BH3O3.Zn/c1-2-3-4-5-6-7-8-9-10-11-12-13-14-15-16-17-18(19)20;2-1(3)4;/h2-17H2,1H3,(H,19,20);2-4H;. The van der Waals surface area contributed by atoms with E-state index >= 15 is 0 Å². The van der Waals surface area contributed by atoms with Crippen LogP contribution in [0.25, 0.3) is 0 Å². The van der Waals surface area contributed by atoms with Crippen molar-refractivity contribution in [2.75, 3.05) is 0 Å². The van der Waals surface area contributed by atoms with Crippen LogP contribution in [0, 0.1) is 0 Å². The van der Waals surface area contributed by atoms with Crippen LogP contribution in [0.4, 0.5) is 0 Å². The van der Waals surface area contributed by atoms with E-state index in [-0.39, 0.29) is 19.5 Å². The van der Waals surface area contributed by atoms with Crippen molar-refractivity contribution in [3.05, 3.63) is 0 Å². The second-order valence-electron chi connectivity index (χ2n) is 6.44. The maximum absolute atomic E-state index is 10.3. The first-order chi connectivity index (χ1) is 11.5. The monoisotopic (exact) mass is 410 g/mol. The smallest absolute Gasteiger partial charge is 0.481 e. The molecule has 0 saturated carbocycles. The van der Waals surface area contributed by atoms with Gasteiger partial charge in [-0.25, -0.2) is 0 Å². The molecule has 0 bridgehead atoms. The molecule has 0 aliphatic heterocycles. The molecule has 0 atom stereocenters. The fourth-order valence-corrected chi connectivity index (χ4v) is 2.65. The second-order valence-corrected chi connectivity index (χ2v) is 6.44. The summed E-state index contributed by atoms with van der Waals surface area (Å²) in [4.78, 5) is 10.3. The van der Waals surface area contributed by atoms with Crippen LogP contribution < -0.4 is 0 Å². The molecule has 0 heterocycles. The summed E-state index contributed by atoms with van der Waals surface area (Å²) < 4.78 is 0. The Morgan fingerprint density at radius 2 is 0.880 bits per heavy atom. The van der Waals surface area contributed by atoms with Gasteiger partial charge in [-0.3, -0.25) is 4.79 Å². The van der Waals surface area contributed by atoms with Gasteiger partial charge in [-0.2, -0.15) is 0 Å². The van der Waals surface area contributed by atoms with E-state index in [2.05, 4.69) is 6.92 Å². The third-order valence-electron chi connectivity index (χ3n) is 3.99. The van der Waals surface area contributed by atoms with E-state index in [0.29, 0.717) is 6.42 Å². The van der Waals surface area contributed by atoms with Gasteiger partial charge >= 0.3 is 13.3 Å². The van der Waals surface area contributed by atoms with E-state index in [1.54, 1.807) is 0 Å². The molecular formula is C18H39BO5Zn. The molecule has 0 aromatic heterocycles. The molecule has 0 saturated heterocycles. The van der Waals surface area contributed by atoms with E-state index in [1.807, 2.05) is 0 Å². The van der Waals surface area contributed by atoms with Crippen molar-refractivity contribution in [3.63, 3.8) is 0 Å². The van der Waals surface area contributed by atoms with Crippen LogP contribution in [0.3, 0.4) is 0 Å². The van der Waals surface area contributed by atoms with Crippen LogP contribution in [0.15, 0.2) is 0 Å². The third-order valence-corrected chi connectivity index (χ3v) is 3.99. The number of carboxylic acids is 1. The van der Waals surface area contributed by atoms with Crippen LogP contribution in [0.1, 0.15) is 110 Å². The number of aliphatic carboxylic acids is 1. The average Bonchev–Trinajstić information content (AvgIpc) is 2.50. The molecule has 0 aromatic rings. The summed E-state index contributed by atoms with van der Waals surface area (Å²) in [5.41, 5.74) is 0. The Kier molecular flexibility index (Phi) is 31.3. The predicted molar refractivity (Wildman–Crippen MR) is 99.6 cm³/mol. The molecule has 0 aromatic carbocycles. The quantitative estimate of drug-likeness (QED) is 0.224. The Morgan fingerprint density at radius 1 is 0.640 bits per heavy atom. The van der Waals surface area contributed by atoms with Gasteiger partial charge < -0.3 is 20.2 Å². The van der Waals surface area contributed by atoms with Crippen LogP contribution in [0.2, 0.25) is 0 Å². The molecule has 0 rings (SSSR count). The molecular weight excluding hydrogens is 372 g/mol. The zero-order chi connectivity index (χ0) is 18.5. The van der Waals surface area contributed by atoms with Gasteiger partial charge in [0, 0.05) is 25.9 Å². The number of unbranched alkanes of at least 4 members (excludes halogenated alkanes) is 14. The minimum Gasteiger partial charge on any atom is -0.481 e. The van der Waals surface area contributed by atoms with Gasteiger partial charge in [-0.05, 0) is 6.42 Å². The number of rotatable bonds is 16. The first kappa shape index (κ1) is 29.8. The van der Waals surface area contributed by atoms with Gasteiger partial charge in [-0.1, -0.05) is 96.8 Å². The number of carbonyl (C=O) groups is 1. The Bertz CT molecular complexity index is 253. The molecule has 0 aliphatic carbocycles. The zero-order valence-electron chi connectivity index (χ0n) is 16.3. The molecule has 0 unspecified atom stereocenters. The summed E-state index contributed by atoms with van der Waals surface area (Å²) in [5, 5.41) is 30.0. The maximum atomic E-state index is 10.3. The molecule has 0 fully saturated rings. The van der Waals surface area contributed by atoms with Crippen LogP contribution in [0.5, 0.6) is 0 Å². The summed E-state index contributed by atoms with van der Waals surface area (Å²) >= 11 is 0. The topological polar surface area (TPSA) is 98.0 Å². The average molecular weight is 412 g/mol. The summed E-state index contributed by atoms with van der Waals surface area (Å²) in [6.45, 7) is 2.27. The summed E-state index contributed by atoms with van der Waals surface area (Å²) in [6, 6.07) is 0. The first-order valence-electron chi connectivity index (χ1n) is 9.76. The summed E-state index contributed by atoms with van der Waals surface area (Å²) in [7, 11) is -2.17. The third kappa shape index (κ3) is 40.2. The van der Waals surface area contributed by atoms with Gasteiger partial charge in [0.15, 0.2) is 0 Å². The van der Waals surface area contributed by atoms with Gasteiger partial charge in [0.25, 0.3) is 0 Å². The van der Waals surface area contributed by atoms with Crippen molar-refractivity contribution < 1.29 is 44.5 Å². The molecule has 0 aliphatic rings. The minimum absolute atomic E-state index is 0. The Hall–Kier alpha value is 0.0383. The zero-order valence-corrected chi connectivity index (χ0v) is 19.3. The molecule has 25 heavy (non-hydrogen) atoms. The van der Waals surface area contributed by atoms with Crippen molar-refractivity contribution in [1.82, 2.24) is 0 Å². The summed E-state index contributed by atoms with van der Waals surface area (Å²) in [6.07, 6.45) is 20.2. The maximum Gasteiger partial charge on any atom is 0.631 e. The van der Waals surface area contributed by atoms with E-state index in [9.17, 15) is 4.79 Å². The SMILES string of the molecule is CCCCCCCCCCCCCCCCCC(=O)O.OB(O)O.[Zn]. The van der Waals surface area contributed by atoms with Crippen LogP contribution in [-0.2, 0) is 24.3 Å². The molecule has 5 nitrogen and oxygen atoms in total. The van der Waals surface area contributed by atoms with Crippen molar-refractivity contribution in [1.29, 1.82) is 0 Å². The Labute approximate surface area is 167 Å². The van der Waals surface area contributed by atoms with Gasteiger partial charge in [0.1, 0.15) is 0 Å². The predicted octanol–water partition coefficient (Wildman–Crippen LogP) is 4.28. The number of hydrogen-bond donors (Lipinski definition) is 4. The fourth-order valence-electron chi connectivity index (χ4n) is 2.65. The first-order valence-corrected chi connectivity index (χ1v) is 9.76. The number of hydrogen-bond acceptors (Lipinski definition) is 4. The van der Waals surface area contributed by atoms with Gasteiger partial charge in [0.05, 0.1) is 0 Å². The molecule has 146 valence electrons. The minimum atomic E-state index is -2.17. The van der Waals surface area contributed by atoms with Crippen molar-refractivity contribution in [2.45, 2.75) is 110 Å². The van der Waals surface area contributed by atoms with Crippen molar-refractivity contribution in [2.24, 2.45) is 0 Å².